The summed E-state index contributed by atoms with van der Waals surface area (Å²) in [5.74, 6) is 0.130. The van der Waals surface area contributed by atoms with Crippen molar-refractivity contribution in [1.29, 1.82) is 0 Å². The fourth-order valence-electron chi connectivity index (χ4n) is 2.90. The van der Waals surface area contributed by atoms with E-state index in [4.69, 9.17) is 4.74 Å². The maximum absolute atomic E-state index is 11.8. The van der Waals surface area contributed by atoms with Crippen LogP contribution in [0.1, 0.15) is 31.2 Å². The molecule has 1 aromatic heterocycles. The Kier molecular flexibility index (Phi) is 4.55. The van der Waals surface area contributed by atoms with Crippen molar-refractivity contribution in [2.75, 3.05) is 13.2 Å². The number of H-pyrrole nitrogens is 1. The Bertz CT molecular complexity index is 600. The summed E-state index contributed by atoms with van der Waals surface area (Å²) in [7, 11) is 0. The van der Waals surface area contributed by atoms with Gasteiger partial charge < -0.3 is 15.0 Å². The monoisotopic (exact) mass is 286 g/mol. The summed E-state index contributed by atoms with van der Waals surface area (Å²) in [5.41, 5.74) is 2.45. The van der Waals surface area contributed by atoms with Crippen molar-refractivity contribution in [3.05, 3.63) is 36.0 Å². The first kappa shape index (κ1) is 14.1. The van der Waals surface area contributed by atoms with Crippen molar-refractivity contribution in [3.63, 3.8) is 0 Å². The van der Waals surface area contributed by atoms with Crippen LogP contribution in [0.15, 0.2) is 30.5 Å². The number of nitrogens with one attached hydrogen (secondary N) is 2. The lowest BCUT2D eigenvalue weighted by atomic mass is 10.1. The van der Waals surface area contributed by atoms with E-state index < -0.39 is 0 Å². The van der Waals surface area contributed by atoms with Gasteiger partial charge in [0.1, 0.15) is 0 Å². The summed E-state index contributed by atoms with van der Waals surface area (Å²) >= 11 is 0. The topological polar surface area (TPSA) is 54.1 Å². The van der Waals surface area contributed by atoms with Crippen LogP contribution in [0.25, 0.3) is 10.9 Å². The largest absolute Gasteiger partial charge is 0.376 e. The number of aryl methyl sites for hydroxylation is 1. The average molecular weight is 286 g/mol. The fourth-order valence-corrected chi connectivity index (χ4v) is 2.90. The van der Waals surface area contributed by atoms with Crippen molar-refractivity contribution in [2.45, 2.75) is 38.2 Å². The molecule has 4 heteroatoms. The standard InChI is InChI=1S/C17H22N2O2/c20-17(19-12-14-6-4-10-21-14)9-3-5-13-11-18-16-8-2-1-7-15(13)16/h1-2,7-8,11,14,18H,3-6,9-10,12H2,(H,19,20)/t14-/m1/s1. The van der Waals surface area contributed by atoms with Crippen LogP contribution in [0, 0.1) is 0 Å². The molecule has 1 aliphatic rings. The van der Waals surface area contributed by atoms with Gasteiger partial charge in [-0.15, -0.1) is 0 Å². The maximum atomic E-state index is 11.8. The molecule has 2 aromatic rings. The Morgan fingerprint density at radius 1 is 1.38 bits per heavy atom. The first-order chi connectivity index (χ1) is 10.3. The Labute approximate surface area is 124 Å². The molecule has 21 heavy (non-hydrogen) atoms. The highest BCUT2D eigenvalue weighted by Crippen LogP contribution is 2.19. The van der Waals surface area contributed by atoms with E-state index >= 15 is 0 Å². The van der Waals surface area contributed by atoms with Gasteiger partial charge in [-0.2, -0.15) is 0 Å². The number of hydrogen-bond acceptors (Lipinski definition) is 2. The first-order valence-corrected chi connectivity index (χ1v) is 7.76. The number of carbonyl (C=O) groups is 1. The summed E-state index contributed by atoms with van der Waals surface area (Å²) in [6.45, 7) is 1.49. The fraction of sp³-hybridized carbons (Fsp3) is 0.471. The predicted octanol–water partition coefficient (Wildman–Crippen LogP) is 2.79. The van der Waals surface area contributed by atoms with Gasteiger partial charge in [-0.25, -0.2) is 0 Å². The number of para-hydroxylation sites is 1. The molecule has 0 radical (unpaired) electrons. The average Bonchev–Trinajstić information content (AvgIpc) is 3.15. The minimum atomic E-state index is 0.130. The lowest BCUT2D eigenvalue weighted by molar-refractivity contribution is -0.121. The smallest absolute Gasteiger partial charge is 0.220 e. The van der Waals surface area contributed by atoms with Gasteiger partial charge in [0.25, 0.3) is 0 Å². The second-order valence-corrected chi connectivity index (χ2v) is 5.65. The molecule has 0 spiro atoms. The molecule has 0 unspecified atom stereocenters. The Morgan fingerprint density at radius 2 is 2.29 bits per heavy atom. The highest BCUT2D eigenvalue weighted by atomic mass is 16.5. The van der Waals surface area contributed by atoms with E-state index in [0.29, 0.717) is 13.0 Å². The maximum Gasteiger partial charge on any atom is 0.220 e. The number of amides is 1. The molecule has 4 nitrogen and oxygen atoms in total. The number of ether oxygens (including phenoxy) is 1. The highest BCUT2D eigenvalue weighted by Gasteiger charge is 2.15. The zero-order valence-electron chi connectivity index (χ0n) is 12.2. The van der Waals surface area contributed by atoms with Gasteiger partial charge in [0.2, 0.25) is 5.91 Å². The molecule has 0 saturated carbocycles. The molecule has 0 bridgehead atoms. The van der Waals surface area contributed by atoms with E-state index in [-0.39, 0.29) is 12.0 Å². The van der Waals surface area contributed by atoms with E-state index in [1.54, 1.807) is 0 Å². The van der Waals surface area contributed by atoms with E-state index in [1.165, 1.54) is 10.9 Å². The molecule has 0 aliphatic carbocycles. The van der Waals surface area contributed by atoms with Crippen molar-refractivity contribution < 1.29 is 9.53 Å². The van der Waals surface area contributed by atoms with Crippen LogP contribution < -0.4 is 5.32 Å². The third-order valence-corrected chi connectivity index (χ3v) is 4.08. The minimum Gasteiger partial charge on any atom is -0.376 e. The SMILES string of the molecule is O=C(CCCc1c[nH]c2ccccc12)NC[C@H]1CCCO1. The van der Waals surface area contributed by atoms with Gasteiger partial charge in [0.05, 0.1) is 6.10 Å². The lowest BCUT2D eigenvalue weighted by Gasteiger charge is -2.10. The van der Waals surface area contributed by atoms with Gasteiger partial charge in [-0.3, -0.25) is 4.79 Å². The molecule has 2 heterocycles. The van der Waals surface area contributed by atoms with Crippen LogP contribution in [0.4, 0.5) is 0 Å². The number of benzene rings is 1. The number of hydrogen-bond donors (Lipinski definition) is 2. The van der Waals surface area contributed by atoms with Crippen LogP contribution in [0.5, 0.6) is 0 Å². The Balaban J connectivity index is 1.42. The predicted molar refractivity (Wildman–Crippen MR) is 83.2 cm³/mol. The number of aromatic nitrogens is 1. The number of carbonyl (C=O) groups excluding carboxylic acids is 1. The van der Waals surface area contributed by atoms with Crippen LogP contribution in [0.3, 0.4) is 0 Å². The van der Waals surface area contributed by atoms with E-state index in [1.807, 2.05) is 12.1 Å². The van der Waals surface area contributed by atoms with Gasteiger partial charge in [-0.05, 0) is 37.3 Å². The molecule has 1 amide bonds. The molecular weight excluding hydrogens is 264 g/mol. The highest BCUT2D eigenvalue weighted by molar-refractivity contribution is 5.83. The molecule has 1 fully saturated rings. The van der Waals surface area contributed by atoms with Crippen LogP contribution >= 0.6 is 0 Å². The van der Waals surface area contributed by atoms with E-state index in [9.17, 15) is 4.79 Å². The molecule has 2 N–H and O–H groups in total. The van der Waals surface area contributed by atoms with Gasteiger partial charge >= 0.3 is 0 Å². The quantitative estimate of drug-likeness (QED) is 0.858. The van der Waals surface area contributed by atoms with Crippen LogP contribution in [-0.2, 0) is 16.0 Å². The van der Waals surface area contributed by atoms with Crippen molar-refractivity contribution in [3.8, 4) is 0 Å². The molecule has 1 atom stereocenters. The Hall–Kier alpha value is -1.81. The summed E-state index contributed by atoms with van der Waals surface area (Å²) in [4.78, 5) is 15.1. The van der Waals surface area contributed by atoms with E-state index in [0.717, 1.165) is 37.8 Å². The van der Waals surface area contributed by atoms with Crippen molar-refractivity contribution >= 4 is 16.8 Å². The summed E-state index contributed by atoms with van der Waals surface area (Å²) in [6.07, 6.45) is 6.83. The summed E-state index contributed by atoms with van der Waals surface area (Å²) in [6, 6.07) is 8.28. The zero-order valence-corrected chi connectivity index (χ0v) is 12.2. The molecule has 112 valence electrons. The van der Waals surface area contributed by atoms with Gasteiger partial charge in [-0.1, -0.05) is 18.2 Å². The van der Waals surface area contributed by atoms with Crippen molar-refractivity contribution in [2.24, 2.45) is 0 Å². The number of rotatable bonds is 6. The third-order valence-electron chi connectivity index (χ3n) is 4.08. The first-order valence-electron chi connectivity index (χ1n) is 7.76. The summed E-state index contributed by atoms with van der Waals surface area (Å²) < 4.78 is 5.50. The van der Waals surface area contributed by atoms with Crippen LogP contribution in [-0.4, -0.2) is 30.1 Å². The molecule has 1 aromatic carbocycles. The molecule has 3 rings (SSSR count). The van der Waals surface area contributed by atoms with Crippen molar-refractivity contribution in [1.82, 2.24) is 10.3 Å². The second-order valence-electron chi connectivity index (χ2n) is 5.65. The molecule has 1 saturated heterocycles. The number of aromatic amines is 1. The summed E-state index contributed by atoms with van der Waals surface area (Å²) in [5, 5.41) is 4.23. The molecule has 1 aliphatic heterocycles. The Morgan fingerprint density at radius 3 is 3.14 bits per heavy atom. The normalized spacial score (nSPS) is 18.2. The second kappa shape index (κ2) is 6.76. The van der Waals surface area contributed by atoms with E-state index in [2.05, 4.69) is 28.6 Å². The van der Waals surface area contributed by atoms with Crippen LogP contribution in [0.2, 0.25) is 0 Å². The zero-order chi connectivity index (χ0) is 14.5. The third kappa shape index (κ3) is 3.64. The minimum absolute atomic E-state index is 0.130. The lowest BCUT2D eigenvalue weighted by Crippen LogP contribution is -2.31. The number of fused-ring (bicyclic) bond motifs is 1. The van der Waals surface area contributed by atoms with Gasteiger partial charge in [0, 0.05) is 36.7 Å². The van der Waals surface area contributed by atoms with Gasteiger partial charge in [0.15, 0.2) is 0 Å². The molecular formula is C17H22N2O2.